The fraction of sp³-hybridized carbons (Fsp3) is 0.365. The molecule has 0 aromatic heterocycles. The van der Waals surface area contributed by atoms with Crippen LogP contribution < -0.4 is 22.1 Å². The summed E-state index contributed by atoms with van der Waals surface area (Å²) in [6.07, 6.45) is 9.68. The number of nitrogens with two attached hydrogens (primary N) is 2. The summed E-state index contributed by atoms with van der Waals surface area (Å²) in [4.78, 5) is 54.7. The lowest BCUT2D eigenvalue weighted by Gasteiger charge is -2.24. The Hall–Kier alpha value is -8.98. The van der Waals surface area contributed by atoms with Crippen molar-refractivity contribution in [2.24, 2.45) is 50.1 Å². The Morgan fingerprint density at radius 3 is 1.15 bits per heavy atom. The second-order valence-corrected chi connectivity index (χ2v) is 26.2. The van der Waals surface area contributed by atoms with E-state index in [-0.39, 0.29) is 69.7 Å². The summed E-state index contributed by atoms with van der Waals surface area (Å²) in [6.45, 7) is 11.7. The zero-order valence-corrected chi connectivity index (χ0v) is 58.9. The second kappa shape index (κ2) is 42.7. The molecule has 8 aromatic carbocycles. The number of aliphatic imine (C=N–C) groups is 3. The number of aliphatic hydroxyl groups excluding tert-OH is 2. The molecule has 8 aromatic rings. The first-order valence-corrected chi connectivity index (χ1v) is 34.7. The minimum Gasteiger partial charge on any atom is -0.477 e. The number of aliphatic carboxylic acids is 1. The van der Waals surface area contributed by atoms with Gasteiger partial charge in [0.05, 0.1) is 17.1 Å². The number of rotatable bonds is 18. The molecule has 19 heteroatoms. The molecule has 2 saturated heterocycles. The molecule has 2 amide bonds. The number of carboxylic acids is 1. The zero-order valence-electron chi connectivity index (χ0n) is 58.1. The van der Waals surface area contributed by atoms with Crippen molar-refractivity contribution in [1.82, 2.24) is 20.4 Å². The van der Waals surface area contributed by atoms with Gasteiger partial charge in [-0.3, -0.25) is 19.4 Å². The number of halogens is 4. The number of carboxylic acid groups (broad SMARTS) is 1. The third-order valence-electron chi connectivity index (χ3n) is 19.5. The fourth-order valence-electron chi connectivity index (χ4n) is 13.9. The number of aliphatic hydroxyl groups is 2. The first-order valence-electron chi connectivity index (χ1n) is 34.7. The van der Waals surface area contributed by atoms with Crippen LogP contribution in [-0.2, 0) is 46.7 Å². The lowest BCUT2D eigenvalue weighted by Crippen LogP contribution is -2.42. The van der Waals surface area contributed by atoms with Crippen LogP contribution in [0, 0.1) is 41.1 Å². The van der Waals surface area contributed by atoms with Crippen LogP contribution in [0.5, 0.6) is 0 Å². The molecule has 5 heterocycles. The van der Waals surface area contributed by atoms with E-state index in [0.717, 1.165) is 146 Å². The van der Waals surface area contributed by atoms with Crippen molar-refractivity contribution in [3.05, 3.63) is 233 Å². The standard InChI is InChI=1S/C29H30FN3O.C22H24FN3O.C15H10FNO2.C14H22N2.2CH4O.3CH4.ClH/c1-2-20-14-26(33(18-20)19-21-6-4-3-5-7-21)17-31-29(34)28-16-24-9-8-23(15-27(24)32-28)22-10-12-25(30)13-11-22;23-19-7-5-16(6-8-19)17-3-4-18-11-21(26-20(18)10-17)22(27)25-13-15-2-1-14(9-15)12-24;16-12-5-3-9(4-6-12)10-1-2-11-8-14(15(18)19)17-13(11)7-10;1-2-12-8-14(9-15)16(10-12)11-13-6-4-3-5-7-13;2*1-2;;;;/h3-13,15,20,26H,2,14,16-19H2,1H3,(H,31,34);3-8,10,14-15H,1-2,9,11-13,24H2,(H,25,27);1-7H,8H2,(H,18,19);3-7,12,14H,2,8-11,15H2,1H3;2*2H,1H3;3*1H4;1H/t20-,26+;14-,15-;;12-,14+;;;;;;/m10.1....../s1. The second-order valence-electron chi connectivity index (χ2n) is 26.2. The predicted octanol–water partition coefficient (Wildman–Crippen LogP) is 16.1. The average Bonchev–Trinajstić information content (AvgIpc) is 1.64. The average molecular weight is 1440 g/mol. The SMILES string of the molecule is C.C.C.CC[C@@H]1C[C@@H](CN)N(Cc2ccccc2)C1.CC[C@@H]1C[C@@H](CNC(=O)C2=Nc3cc(-c4ccc(F)cc4)ccc3C2)N(Cc2ccccc2)C1.CO.CO.Cl.NC[C@H]1CC[C@H](CNC(=O)C2=Nc3cc(-c4ccc(F)cc4)ccc3C2)C1.O=C(O)C1=Nc2cc(-c3ccc(F)cc3)ccc2C1. The molecule has 0 radical (unpaired) electrons. The minimum atomic E-state index is -0.987. The Kier molecular flexibility index (Phi) is 35.2. The molecule has 104 heavy (non-hydrogen) atoms. The Balaban J connectivity index is 0.000000251. The Bertz CT molecular complexity index is 4090. The molecule has 5 aliphatic heterocycles. The summed E-state index contributed by atoms with van der Waals surface area (Å²) < 4.78 is 39.2. The molecule has 0 unspecified atom stereocenters. The summed E-state index contributed by atoms with van der Waals surface area (Å²) in [5.41, 5.74) is 26.5. The molecule has 0 bridgehead atoms. The predicted molar refractivity (Wildman–Crippen MR) is 422 cm³/mol. The van der Waals surface area contributed by atoms with Crippen LogP contribution in [0.25, 0.3) is 33.4 Å². The van der Waals surface area contributed by atoms with E-state index in [2.05, 4.69) is 104 Å². The van der Waals surface area contributed by atoms with E-state index in [9.17, 15) is 27.6 Å². The normalized spacial score (nSPS) is 18.4. The number of hydrogen-bond acceptors (Lipinski definition) is 12. The highest BCUT2D eigenvalue weighted by Gasteiger charge is 2.33. The van der Waals surface area contributed by atoms with Gasteiger partial charge in [-0.2, -0.15) is 0 Å². The van der Waals surface area contributed by atoms with Crippen molar-refractivity contribution >= 4 is 64.4 Å². The van der Waals surface area contributed by atoms with Gasteiger partial charge in [0.15, 0.2) is 0 Å². The maximum Gasteiger partial charge on any atom is 0.350 e. The van der Waals surface area contributed by atoms with Crippen molar-refractivity contribution < 1.29 is 42.9 Å². The number of likely N-dealkylation sites (tertiary alicyclic amines) is 2. The van der Waals surface area contributed by atoms with E-state index in [1.807, 2.05) is 60.7 Å². The van der Waals surface area contributed by atoms with Crippen LogP contribution in [0.3, 0.4) is 0 Å². The number of amides is 2. The van der Waals surface area contributed by atoms with Crippen LogP contribution >= 0.6 is 12.4 Å². The highest BCUT2D eigenvalue weighted by molar-refractivity contribution is 6.41. The molecule has 6 atom stereocenters. The number of fused-ring (bicyclic) bond motifs is 3. The molecule has 3 fully saturated rings. The molecule has 6 aliphatic rings. The number of nitrogens with one attached hydrogen (secondary N) is 2. The van der Waals surface area contributed by atoms with Crippen molar-refractivity contribution in [3.63, 3.8) is 0 Å². The van der Waals surface area contributed by atoms with Crippen LogP contribution in [0.15, 0.2) is 203 Å². The van der Waals surface area contributed by atoms with Gasteiger partial charge in [-0.1, -0.05) is 182 Å². The van der Waals surface area contributed by atoms with E-state index in [4.69, 9.17) is 26.8 Å². The van der Waals surface area contributed by atoms with Gasteiger partial charge in [0, 0.05) is 91.4 Å². The molecular formula is C85H107ClF3N9O6. The van der Waals surface area contributed by atoms with E-state index >= 15 is 0 Å². The van der Waals surface area contributed by atoms with Gasteiger partial charge in [-0.25, -0.2) is 32.9 Å². The van der Waals surface area contributed by atoms with Crippen molar-refractivity contribution in [2.45, 2.75) is 126 Å². The number of benzene rings is 8. The lowest BCUT2D eigenvalue weighted by molar-refractivity contribution is -0.129. The Morgan fingerprint density at radius 1 is 0.442 bits per heavy atom. The lowest BCUT2D eigenvalue weighted by atomic mass is 10.0. The highest BCUT2D eigenvalue weighted by atomic mass is 35.5. The summed E-state index contributed by atoms with van der Waals surface area (Å²) in [7, 11) is 2.00. The maximum absolute atomic E-state index is 13.3. The molecule has 1 saturated carbocycles. The molecule has 14 rings (SSSR count). The van der Waals surface area contributed by atoms with Crippen LogP contribution in [0.1, 0.15) is 109 Å². The summed E-state index contributed by atoms with van der Waals surface area (Å²) in [5.74, 6) is 0.705. The van der Waals surface area contributed by atoms with Crippen molar-refractivity contribution in [2.75, 3.05) is 53.5 Å². The monoisotopic (exact) mass is 1440 g/mol. The highest BCUT2D eigenvalue weighted by Crippen LogP contribution is 2.37. The smallest absolute Gasteiger partial charge is 0.350 e. The topological polar surface area (TPSA) is 232 Å². The number of nitrogens with zero attached hydrogens (tertiary/aromatic N) is 5. The van der Waals surface area contributed by atoms with Gasteiger partial charge in [-0.15, -0.1) is 12.4 Å². The summed E-state index contributed by atoms with van der Waals surface area (Å²) >= 11 is 0. The van der Waals surface area contributed by atoms with E-state index < -0.39 is 5.97 Å². The minimum absolute atomic E-state index is 0. The quantitative estimate of drug-likeness (QED) is 0.0429. The van der Waals surface area contributed by atoms with Gasteiger partial charge in [0.2, 0.25) is 0 Å². The maximum atomic E-state index is 13.3. The molecular weight excluding hydrogens is 1340 g/mol. The van der Waals surface area contributed by atoms with E-state index in [1.165, 1.54) is 66.9 Å². The Labute approximate surface area is 620 Å². The van der Waals surface area contributed by atoms with Gasteiger partial charge >= 0.3 is 5.97 Å². The van der Waals surface area contributed by atoms with Crippen molar-refractivity contribution in [3.8, 4) is 33.4 Å². The van der Waals surface area contributed by atoms with Gasteiger partial charge in [0.1, 0.15) is 34.6 Å². The van der Waals surface area contributed by atoms with E-state index in [1.54, 1.807) is 36.4 Å². The molecule has 1 aliphatic carbocycles. The Morgan fingerprint density at radius 2 is 0.788 bits per heavy atom. The number of carbonyl (C=O) groups is 3. The van der Waals surface area contributed by atoms with Gasteiger partial charge in [-0.05, 0) is 178 Å². The number of hydrogen-bond donors (Lipinski definition) is 7. The number of carbonyl (C=O) groups excluding carboxylic acids is 2. The molecule has 556 valence electrons. The van der Waals surface area contributed by atoms with Gasteiger partial charge < -0.3 is 37.4 Å². The third kappa shape index (κ3) is 23.5. The van der Waals surface area contributed by atoms with E-state index in [0.29, 0.717) is 79.3 Å². The van der Waals surface area contributed by atoms with Crippen LogP contribution in [0.4, 0.5) is 30.2 Å². The van der Waals surface area contributed by atoms with Crippen molar-refractivity contribution in [1.29, 1.82) is 0 Å². The molecule has 9 N–H and O–H groups in total. The molecule has 0 spiro atoms. The van der Waals surface area contributed by atoms with Crippen LogP contribution in [0.2, 0.25) is 0 Å². The van der Waals surface area contributed by atoms with Gasteiger partial charge in [0.25, 0.3) is 11.8 Å². The van der Waals surface area contributed by atoms with Crippen LogP contribution in [-0.4, -0.2) is 126 Å². The molecule has 15 nitrogen and oxygen atoms in total. The summed E-state index contributed by atoms with van der Waals surface area (Å²) in [5, 5.41) is 29.1. The zero-order chi connectivity index (χ0) is 71.1. The largest absolute Gasteiger partial charge is 0.477 e. The fourth-order valence-corrected chi connectivity index (χ4v) is 13.9. The third-order valence-corrected chi connectivity index (χ3v) is 19.5. The first kappa shape index (κ1) is 85.7. The first-order chi connectivity index (χ1) is 48.7. The summed E-state index contributed by atoms with van der Waals surface area (Å²) in [6, 6.07) is 58.7.